The first kappa shape index (κ1) is 32.3. The van der Waals surface area contributed by atoms with Gasteiger partial charge < -0.3 is 34.3 Å². The second kappa shape index (κ2) is 13.2. The van der Waals surface area contributed by atoms with Crippen molar-refractivity contribution < 1.29 is 39.1 Å². The highest BCUT2D eigenvalue weighted by Gasteiger charge is 2.35. The Morgan fingerprint density at radius 1 is 1.00 bits per heavy atom. The second-order valence-electron chi connectivity index (χ2n) is 12.1. The summed E-state index contributed by atoms with van der Waals surface area (Å²) in [5, 5.41) is 31.1. The molecule has 1 unspecified atom stereocenters. The molecule has 0 aliphatic carbocycles. The van der Waals surface area contributed by atoms with Crippen LogP contribution in [0.2, 0.25) is 0 Å². The number of phenols is 1. The van der Waals surface area contributed by atoms with Crippen molar-refractivity contribution in [2.45, 2.75) is 96.9 Å². The third kappa shape index (κ3) is 8.17. The molecule has 0 radical (unpaired) electrons. The number of methoxy groups -OCH3 is 3. The zero-order valence-corrected chi connectivity index (χ0v) is 25.7. The lowest BCUT2D eigenvalue weighted by Gasteiger charge is -2.30. The third-order valence-electron chi connectivity index (χ3n) is 7.48. The summed E-state index contributed by atoms with van der Waals surface area (Å²) in [5.41, 5.74) is 1.98. The average molecular weight is 571 g/mol. The topological polar surface area (TPSA) is 115 Å². The van der Waals surface area contributed by atoms with E-state index in [1.165, 1.54) is 18.7 Å². The summed E-state index contributed by atoms with van der Waals surface area (Å²) >= 11 is 0. The maximum absolute atomic E-state index is 13.6. The number of benzene rings is 2. The molecule has 0 amide bonds. The molecule has 0 aromatic heterocycles. The molecule has 3 rings (SSSR count). The molecule has 1 heterocycles. The molecule has 1 aliphatic heterocycles. The minimum Gasteiger partial charge on any atom is -0.507 e. The van der Waals surface area contributed by atoms with Gasteiger partial charge in [0.25, 0.3) is 0 Å². The number of Topliss-reactive ketones (excluding diaryl/α,β-unsaturated/α-hetero) is 1. The largest absolute Gasteiger partial charge is 0.507 e. The molecule has 226 valence electrons. The van der Waals surface area contributed by atoms with Crippen LogP contribution < -0.4 is 18.9 Å². The quantitative estimate of drug-likeness (QED) is 0.242. The Kier molecular flexibility index (Phi) is 10.4. The van der Waals surface area contributed by atoms with E-state index in [4.69, 9.17) is 18.9 Å². The molecule has 1 aliphatic rings. The Hall–Kier alpha value is -3.23. The average Bonchev–Trinajstić information content (AvgIpc) is 2.88. The molecule has 8 heteroatoms. The summed E-state index contributed by atoms with van der Waals surface area (Å²) in [5.74, 6) is 1.50. The van der Waals surface area contributed by atoms with Crippen molar-refractivity contribution in [3.05, 3.63) is 52.1 Å². The van der Waals surface area contributed by atoms with Crippen LogP contribution in [0.4, 0.5) is 0 Å². The molecule has 8 nitrogen and oxygen atoms in total. The van der Waals surface area contributed by atoms with Crippen LogP contribution >= 0.6 is 0 Å². The number of aliphatic hydroxyl groups is 2. The number of rotatable bonds is 13. The van der Waals surface area contributed by atoms with E-state index < -0.39 is 17.3 Å². The van der Waals surface area contributed by atoms with E-state index in [1.807, 2.05) is 19.9 Å². The van der Waals surface area contributed by atoms with Gasteiger partial charge in [-0.3, -0.25) is 4.79 Å². The lowest BCUT2D eigenvalue weighted by Crippen LogP contribution is -2.23. The van der Waals surface area contributed by atoms with Crippen LogP contribution in [-0.2, 0) is 12.8 Å². The Morgan fingerprint density at radius 2 is 1.66 bits per heavy atom. The number of aromatic hydroxyl groups is 1. The summed E-state index contributed by atoms with van der Waals surface area (Å²) in [4.78, 5) is 13.6. The van der Waals surface area contributed by atoms with Crippen LogP contribution in [0, 0.1) is 0 Å². The number of allylic oxidation sites excluding steroid dienone is 2. The van der Waals surface area contributed by atoms with Gasteiger partial charge >= 0.3 is 0 Å². The summed E-state index contributed by atoms with van der Waals surface area (Å²) in [6, 6.07) is 5.17. The van der Waals surface area contributed by atoms with Gasteiger partial charge in [-0.15, -0.1) is 0 Å². The van der Waals surface area contributed by atoms with Crippen LogP contribution in [0.15, 0.2) is 29.8 Å². The van der Waals surface area contributed by atoms with Crippen molar-refractivity contribution in [3.63, 3.8) is 0 Å². The van der Waals surface area contributed by atoms with Crippen LogP contribution in [0.5, 0.6) is 28.7 Å². The summed E-state index contributed by atoms with van der Waals surface area (Å²) in [6.07, 6.45) is 5.29. The highest BCUT2D eigenvalue weighted by atomic mass is 16.5. The van der Waals surface area contributed by atoms with Gasteiger partial charge in [-0.1, -0.05) is 17.7 Å². The number of hydrogen-bond donors (Lipinski definition) is 3. The molecule has 2 aromatic rings. The van der Waals surface area contributed by atoms with Crippen molar-refractivity contribution in [2.75, 3.05) is 21.3 Å². The molecule has 0 fully saturated rings. The minimum absolute atomic E-state index is 0.0459. The molecule has 0 bridgehead atoms. The maximum Gasteiger partial charge on any atom is 0.174 e. The SMILES string of the molecule is COc1ccc(C2CC(=O)c3c(cc(O)c(CCC(C)(C)O)c3OC)O2)c(C/C=C(\C)CCCC(C)(C)O)c1OC. The lowest BCUT2D eigenvalue weighted by molar-refractivity contribution is 0.0687. The fourth-order valence-electron chi connectivity index (χ4n) is 5.25. The Labute approximate surface area is 243 Å². The Balaban J connectivity index is 1.98. The van der Waals surface area contributed by atoms with Crippen LogP contribution in [-0.4, -0.2) is 53.6 Å². The van der Waals surface area contributed by atoms with Gasteiger partial charge in [-0.2, -0.15) is 0 Å². The van der Waals surface area contributed by atoms with Crippen LogP contribution in [0.1, 0.15) is 99.9 Å². The standard InChI is InChI=1S/C33H46O8/c1-20(10-9-16-32(2,3)36)11-12-22-21(13-14-26(38-6)30(22)39-7)27-19-25(35)29-28(41-27)18-24(34)23(31(29)40-8)15-17-33(4,5)37/h11,13-14,18,27,34,36-37H,9-10,12,15-17,19H2,1-8H3/b20-11+. The molecular formula is C33H46O8. The molecular weight excluding hydrogens is 524 g/mol. The van der Waals surface area contributed by atoms with E-state index in [9.17, 15) is 20.1 Å². The van der Waals surface area contributed by atoms with Crippen LogP contribution in [0.3, 0.4) is 0 Å². The maximum atomic E-state index is 13.6. The van der Waals surface area contributed by atoms with E-state index >= 15 is 0 Å². The van der Waals surface area contributed by atoms with Crippen molar-refractivity contribution >= 4 is 5.78 Å². The van der Waals surface area contributed by atoms with E-state index in [2.05, 4.69) is 13.0 Å². The highest BCUT2D eigenvalue weighted by molar-refractivity contribution is 6.03. The monoisotopic (exact) mass is 570 g/mol. The van der Waals surface area contributed by atoms with Gasteiger partial charge in [0, 0.05) is 22.8 Å². The summed E-state index contributed by atoms with van der Waals surface area (Å²) in [6.45, 7) is 9.09. The predicted molar refractivity (Wildman–Crippen MR) is 159 cm³/mol. The van der Waals surface area contributed by atoms with E-state index in [1.54, 1.807) is 34.1 Å². The third-order valence-corrected chi connectivity index (χ3v) is 7.48. The predicted octanol–water partition coefficient (Wildman–Crippen LogP) is 6.26. The smallest absolute Gasteiger partial charge is 0.174 e. The van der Waals surface area contributed by atoms with Crippen molar-refractivity contribution in [1.82, 2.24) is 0 Å². The zero-order chi connectivity index (χ0) is 30.5. The van der Waals surface area contributed by atoms with Crippen molar-refractivity contribution in [1.29, 1.82) is 0 Å². The molecule has 41 heavy (non-hydrogen) atoms. The number of phenolic OH excluding ortho intramolecular Hbond substituents is 1. The number of carbonyl (C=O) groups excluding carboxylic acids is 1. The highest BCUT2D eigenvalue weighted by Crippen LogP contribution is 2.47. The Bertz CT molecular complexity index is 1260. The lowest BCUT2D eigenvalue weighted by atomic mass is 9.88. The van der Waals surface area contributed by atoms with Crippen LogP contribution in [0.25, 0.3) is 0 Å². The number of fused-ring (bicyclic) bond motifs is 1. The molecule has 2 aromatic carbocycles. The normalized spacial score (nSPS) is 15.8. The first-order valence-electron chi connectivity index (χ1n) is 14.2. The van der Waals surface area contributed by atoms with Crippen molar-refractivity contribution in [2.24, 2.45) is 0 Å². The van der Waals surface area contributed by atoms with Gasteiger partial charge in [-0.05, 0) is 79.2 Å². The molecule has 0 saturated heterocycles. The van der Waals surface area contributed by atoms with Gasteiger partial charge in [-0.25, -0.2) is 0 Å². The molecule has 0 saturated carbocycles. The van der Waals surface area contributed by atoms with Gasteiger partial charge in [0.2, 0.25) is 0 Å². The first-order chi connectivity index (χ1) is 19.2. The van der Waals surface area contributed by atoms with Gasteiger partial charge in [0.05, 0.1) is 39.0 Å². The molecule has 1 atom stereocenters. The first-order valence-corrected chi connectivity index (χ1v) is 14.2. The minimum atomic E-state index is -0.939. The van der Waals surface area contributed by atoms with E-state index in [-0.39, 0.29) is 29.5 Å². The van der Waals surface area contributed by atoms with Gasteiger partial charge in [0.1, 0.15) is 28.9 Å². The summed E-state index contributed by atoms with van der Waals surface area (Å²) in [7, 11) is 4.64. The summed E-state index contributed by atoms with van der Waals surface area (Å²) < 4.78 is 23.3. The Morgan fingerprint density at radius 3 is 2.24 bits per heavy atom. The fraction of sp³-hybridized carbons (Fsp3) is 0.545. The number of ketones is 1. The zero-order valence-electron chi connectivity index (χ0n) is 25.7. The van der Waals surface area contributed by atoms with Crippen molar-refractivity contribution in [3.8, 4) is 28.7 Å². The second-order valence-corrected chi connectivity index (χ2v) is 12.1. The number of ether oxygens (including phenoxy) is 4. The van der Waals surface area contributed by atoms with Gasteiger partial charge in [0.15, 0.2) is 17.3 Å². The number of carbonyl (C=O) groups is 1. The van der Waals surface area contributed by atoms with E-state index in [0.717, 1.165) is 24.0 Å². The van der Waals surface area contributed by atoms with E-state index in [0.29, 0.717) is 48.3 Å². The number of hydrogen-bond acceptors (Lipinski definition) is 8. The molecule has 0 spiro atoms. The fourth-order valence-corrected chi connectivity index (χ4v) is 5.25. The molecule has 3 N–H and O–H groups in total.